The molecule has 0 aliphatic rings. The maximum Gasteiger partial charge on any atom is 0.159 e. The fraction of sp³-hybridized carbons (Fsp3) is 0. The van der Waals surface area contributed by atoms with Gasteiger partial charge < -0.3 is 9.32 Å². The van der Waals surface area contributed by atoms with E-state index in [-0.39, 0.29) is 0 Å². The topological polar surface area (TPSA) is 16.4 Å². The minimum Gasteiger partial charge on any atom is -0.454 e. The SMILES string of the molecule is c1ccc(-c2ccc3oc4c(N(c5ccc(-c6ccccc6-c6ccccc6-c6ccccc6)cc5)c5ccc(-c6cccc7ccccc67)cc5)cccc4c3c2)cc1. The van der Waals surface area contributed by atoms with Crippen LogP contribution < -0.4 is 4.90 Å². The molecule has 11 rings (SSSR count). The van der Waals surface area contributed by atoms with Gasteiger partial charge in [-0.3, -0.25) is 0 Å². The Morgan fingerprint density at radius 2 is 0.750 bits per heavy atom. The molecule has 0 aliphatic carbocycles. The monoisotopic (exact) mass is 765 g/mol. The number of benzene rings is 10. The van der Waals surface area contributed by atoms with Gasteiger partial charge in [0.1, 0.15) is 5.58 Å². The predicted octanol–water partition coefficient (Wildman–Crippen LogP) is 16.5. The second-order valence-electron chi connectivity index (χ2n) is 15.2. The molecule has 0 aliphatic heterocycles. The van der Waals surface area contributed by atoms with Gasteiger partial charge in [-0.15, -0.1) is 0 Å². The average Bonchev–Trinajstić information content (AvgIpc) is 3.71. The zero-order valence-corrected chi connectivity index (χ0v) is 32.9. The minimum absolute atomic E-state index is 0.850. The number of furan rings is 1. The Hall–Kier alpha value is -7.94. The highest BCUT2D eigenvalue weighted by atomic mass is 16.3. The number of rotatable bonds is 8. The maximum absolute atomic E-state index is 6.80. The van der Waals surface area contributed by atoms with Crippen LogP contribution >= 0.6 is 0 Å². The lowest BCUT2D eigenvalue weighted by molar-refractivity contribution is 0.669. The van der Waals surface area contributed by atoms with Gasteiger partial charge in [0.15, 0.2) is 5.58 Å². The number of nitrogens with zero attached hydrogens (tertiary/aromatic N) is 1. The second kappa shape index (κ2) is 15.1. The van der Waals surface area contributed by atoms with Crippen LogP contribution in [0.4, 0.5) is 17.1 Å². The van der Waals surface area contributed by atoms with E-state index in [1.165, 1.54) is 60.8 Å². The van der Waals surface area contributed by atoms with Gasteiger partial charge >= 0.3 is 0 Å². The van der Waals surface area contributed by atoms with Crippen molar-refractivity contribution < 1.29 is 4.42 Å². The molecule has 10 aromatic carbocycles. The highest BCUT2D eigenvalue weighted by Crippen LogP contribution is 2.45. The van der Waals surface area contributed by atoms with Crippen molar-refractivity contribution in [2.24, 2.45) is 0 Å². The van der Waals surface area contributed by atoms with Crippen molar-refractivity contribution in [2.75, 3.05) is 4.90 Å². The molecule has 282 valence electrons. The first kappa shape index (κ1) is 35.2. The van der Waals surface area contributed by atoms with Crippen LogP contribution in [0.3, 0.4) is 0 Å². The summed E-state index contributed by atoms with van der Waals surface area (Å²) in [5, 5.41) is 4.66. The van der Waals surface area contributed by atoms with Crippen LogP contribution in [0.5, 0.6) is 0 Å². The molecular weight excluding hydrogens is 727 g/mol. The molecule has 1 aromatic heterocycles. The fourth-order valence-electron chi connectivity index (χ4n) is 8.81. The summed E-state index contributed by atoms with van der Waals surface area (Å²) in [5.41, 5.74) is 16.7. The molecule has 0 saturated carbocycles. The summed E-state index contributed by atoms with van der Waals surface area (Å²) in [4.78, 5) is 2.33. The summed E-state index contributed by atoms with van der Waals surface area (Å²) >= 11 is 0. The van der Waals surface area contributed by atoms with Crippen molar-refractivity contribution in [2.45, 2.75) is 0 Å². The summed E-state index contributed by atoms with van der Waals surface area (Å²) in [7, 11) is 0. The van der Waals surface area contributed by atoms with Crippen molar-refractivity contribution in [1.82, 2.24) is 0 Å². The molecule has 0 amide bonds. The van der Waals surface area contributed by atoms with Crippen LogP contribution in [-0.2, 0) is 0 Å². The van der Waals surface area contributed by atoms with Crippen LogP contribution in [0.25, 0.3) is 88.3 Å². The summed E-state index contributed by atoms with van der Waals surface area (Å²) in [5.74, 6) is 0. The molecule has 0 spiro atoms. The quantitative estimate of drug-likeness (QED) is 0.153. The van der Waals surface area contributed by atoms with E-state index < -0.39 is 0 Å². The van der Waals surface area contributed by atoms with Gasteiger partial charge in [-0.1, -0.05) is 194 Å². The third-order valence-electron chi connectivity index (χ3n) is 11.7. The molecule has 2 heteroatoms. The molecule has 0 atom stereocenters. The molecule has 0 radical (unpaired) electrons. The lowest BCUT2D eigenvalue weighted by Crippen LogP contribution is -2.10. The molecule has 0 bridgehead atoms. The van der Waals surface area contributed by atoms with E-state index in [1.54, 1.807) is 0 Å². The average molecular weight is 766 g/mol. The first-order valence-electron chi connectivity index (χ1n) is 20.5. The maximum atomic E-state index is 6.80. The summed E-state index contributed by atoms with van der Waals surface area (Å²) < 4.78 is 6.80. The Morgan fingerprint density at radius 1 is 0.283 bits per heavy atom. The molecule has 0 fully saturated rings. The largest absolute Gasteiger partial charge is 0.454 e. The Morgan fingerprint density at radius 3 is 1.42 bits per heavy atom. The smallest absolute Gasteiger partial charge is 0.159 e. The van der Waals surface area contributed by atoms with Crippen molar-refractivity contribution in [3.8, 4) is 55.6 Å². The Balaban J connectivity index is 1.04. The molecule has 2 nitrogen and oxygen atoms in total. The number of para-hydroxylation sites is 1. The first-order chi connectivity index (χ1) is 29.8. The number of anilines is 3. The molecule has 11 aromatic rings. The predicted molar refractivity (Wildman–Crippen MR) is 253 cm³/mol. The normalized spacial score (nSPS) is 11.3. The van der Waals surface area contributed by atoms with Gasteiger partial charge in [0.25, 0.3) is 0 Å². The number of fused-ring (bicyclic) bond motifs is 4. The Kier molecular flexibility index (Phi) is 8.87. The Labute approximate surface area is 349 Å². The van der Waals surface area contributed by atoms with E-state index in [0.717, 1.165) is 44.6 Å². The number of hydrogen-bond donors (Lipinski definition) is 0. The van der Waals surface area contributed by atoms with E-state index in [1.807, 2.05) is 0 Å². The van der Waals surface area contributed by atoms with Crippen molar-refractivity contribution in [1.29, 1.82) is 0 Å². The summed E-state index contributed by atoms with van der Waals surface area (Å²) in [6.45, 7) is 0. The van der Waals surface area contributed by atoms with Crippen molar-refractivity contribution in [3.05, 3.63) is 237 Å². The van der Waals surface area contributed by atoms with Gasteiger partial charge in [-0.25, -0.2) is 0 Å². The zero-order valence-electron chi connectivity index (χ0n) is 32.9. The summed E-state index contributed by atoms with van der Waals surface area (Å²) in [6.07, 6.45) is 0. The molecule has 60 heavy (non-hydrogen) atoms. The van der Waals surface area contributed by atoms with Crippen LogP contribution in [0.1, 0.15) is 0 Å². The first-order valence-corrected chi connectivity index (χ1v) is 20.5. The van der Waals surface area contributed by atoms with Crippen LogP contribution in [-0.4, -0.2) is 0 Å². The molecule has 0 N–H and O–H groups in total. The lowest BCUT2D eigenvalue weighted by Gasteiger charge is -2.26. The van der Waals surface area contributed by atoms with Crippen molar-refractivity contribution in [3.63, 3.8) is 0 Å². The minimum atomic E-state index is 0.850. The van der Waals surface area contributed by atoms with Crippen LogP contribution in [0, 0.1) is 0 Å². The van der Waals surface area contributed by atoms with E-state index in [0.29, 0.717) is 0 Å². The van der Waals surface area contributed by atoms with E-state index in [9.17, 15) is 0 Å². The van der Waals surface area contributed by atoms with E-state index in [4.69, 9.17) is 4.42 Å². The highest BCUT2D eigenvalue weighted by Gasteiger charge is 2.21. The second-order valence-corrected chi connectivity index (χ2v) is 15.2. The van der Waals surface area contributed by atoms with Gasteiger partial charge in [-0.05, 0) is 109 Å². The van der Waals surface area contributed by atoms with Crippen LogP contribution in [0.15, 0.2) is 241 Å². The molecule has 0 saturated heterocycles. The Bertz CT molecular complexity index is 3290. The standard InChI is InChI=1S/C58H39NO/c1-3-15-40(16-4-1)45-33-38-57-55(39-45)54-27-14-28-56(58(54)60-57)59(46-34-29-43(30-35-46)49-26-13-20-42-19-7-8-21-48(42)49)47-36-31-44(32-37-47)51-23-10-12-25-53(51)52-24-11-9-22-50(52)41-17-5-2-6-18-41/h1-39H. The summed E-state index contributed by atoms with van der Waals surface area (Å²) in [6, 6.07) is 84.7. The molecule has 0 unspecified atom stereocenters. The molecular formula is C58H39NO. The lowest BCUT2D eigenvalue weighted by atomic mass is 9.89. The van der Waals surface area contributed by atoms with Gasteiger partial charge in [0.2, 0.25) is 0 Å². The fourth-order valence-corrected chi connectivity index (χ4v) is 8.81. The van der Waals surface area contributed by atoms with Crippen LogP contribution in [0.2, 0.25) is 0 Å². The van der Waals surface area contributed by atoms with Gasteiger partial charge in [-0.2, -0.15) is 0 Å². The van der Waals surface area contributed by atoms with E-state index >= 15 is 0 Å². The van der Waals surface area contributed by atoms with Crippen molar-refractivity contribution >= 4 is 49.8 Å². The zero-order chi connectivity index (χ0) is 39.8. The van der Waals surface area contributed by atoms with Gasteiger partial charge in [0, 0.05) is 22.1 Å². The third-order valence-corrected chi connectivity index (χ3v) is 11.7. The van der Waals surface area contributed by atoms with Gasteiger partial charge in [0.05, 0.1) is 5.69 Å². The number of hydrogen-bond acceptors (Lipinski definition) is 2. The highest BCUT2D eigenvalue weighted by molar-refractivity contribution is 6.11. The van der Waals surface area contributed by atoms with E-state index in [2.05, 4.69) is 241 Å². The molecule has 1 heterocycles. The third kappa shape index (κ3) is 6.32.